The topological polar surface area (TPSA) is 76.7 Å². The highest BCUT2D eigenvalue weighted by atomic mass is 19.1. The Morgan fingerprint density at radius 2 is 1.83 bits per heavy atom. The van der Waals surface area contributed by atoms with Gasteiger partial charge in [0, 0.05) is 17.7 Å². The molecule has 0 fully saturated rings. The van der Waals surface area contributed by atoms with Gasteiger partial charge in [-0.05, 0) is 57.5 Å². The van der Waals surface area contributed by atoms with Gasteiger partial charge in [0.25, 0.3) is 5.91 Å². The molecule has 29 heavy (non-hydrogen) atoms. The van der Waals surface area contributed by atoms with Crippen molar-refractivity contribution in [2.24, 2.45) is 0 Å². The van der Waals surface area contributed by atoms with Gasteiger partial charge in [0.05, 0.1) is 13.2 Å². The second-order valence-electron chi connectivity index (χ2n) is 7.59. The molecule has 2 aromatic rings. The molecule has 0 bridgehead atoms. The van der Waals surface area contributed by atoms with Gasteiger partial charge in [-0.3, -0.25) is 4.79 Å². The first kappa shape index (κ1) is 22.2. The zero-order chi connectivity index (χ0) is 21.6. The molecule has 156 valence electrons. The van der Waals surface area contributed by atoms with Crippen molar-refractivity contribution in [3.05, 3.63) is 65.0 Å². The Balaban J connectivity index is 2.14. The van der Waals surface area contributed by atoms with E-state index in [4.69, 9.17) is 9.47 Å². The fourth-order valence-corrected chi connectivity index (χ4v) is 2.69. The summed E-state index contributed by atoms with van der Waals surface area (Å²) in [6.07, 6.45) is -0.683. The third kappa shape index (κ3) is 6.48. The summed E-state index contributed by atoms with van der Waals surface area (Å²) in [6.45, 7) is 6.85. The normalized spacial score (nSPS) is 12.1. The highest BCUT2D eigenvalue weighted by Crippen LogP contribution is 2.20. The second-order valence-corrected chi connectivity index (χ2v) is 7.59. The van der Waals surface area contributed by atoms with E-state index in [9.17, 15) is 14.0 Å². The van der Waals surface area contributed by atoms with E-state index in [1.54, 1.807) is 27.9 Å². The van der Waals surface area contributed by atoms with Crippen molar-refractivity contribution in [2.75, 3.05) is 7.11 Å². The van der Waals surface area contributed by atoms with Crippen LogP contribution in [0, 0.1) is 5.82 Å². The molecule has 0 aromatic heterocycles. The van der Waals surface area contributed by atoms with Gasteiger partial charge in [0.1, 0.15) is 17.2 Å². The number of amides is 2. The minimum atomic E-state index is -0.683. The van der Waals surface area contributed by atoms with E-state index in [0.29, 0.717) is 5.75 Å². The summed E-state index contributed by atoms with van der Waals surface area (Å²) in [6, 6.07) is 11.2. The third-order valence-corrected chi connectivity index (χ3v) is 4.11. The molecule has 0 unspecified atom stereocenters. The summed E-state index contributed by atoms with van der Waals surface area (Å²) in [7, 11) is 1.57. The molecule has 0 aliphatic heterocycles. The lowest BCUT2D eigenvalue weighted by atomic mass is 10.0. The van der Waals surface area contributed by atoms with Gasteiger partial charge in [0.2, 0.25) is 0 Å². The Hall–Kier alpha value is -3.09. The first-order chi connectivity index (χ1) is 13.6. The maximum Gasteiger partial charge on any atom is 0.407 e. The number of hydrogen-bond acceptors (Lipinski definition) is 4. The number of benzene rings is 2. The number of ether oxygens (including phenoxy) is 2. The number of nitrogens with one attached hydrogen (secondary N) is 2. The molecule has 0 saturated heterocycles. The lowest BCUT2D eigenvalue weighted by Crippen LogP contribution is -2.33. The van der Waals surface area contributed by atoms with Crippen LogP contribution in [0.15, 0.2) is 42.5 Å². The second kappa shape index (κ2) is 9.41. The van der Waals surface area contributed by atoms with Crippen molar-refractivity contribution in [3.8, 4) is 5.75 Å². The monoisotopic (exact) mass is 402 g/mol. The van der Waals surface area contributed by atoms with Gasteiger partial charge in [0.15, 0.2) is 0 Å². The first-order valence-corrected chi connectivity index (χ1v) is 9.30. The quantitative estimate of drug-likeness (QED) is 0.753. The van der Waals surface area contributed by atoms with Crippen molar-refractivity contribution in [2.45, 2.75) is 45.9 Å². The van der Waals surface area contributed by atoms with Gasteiger partial charge < -0.3 is 20.1 Å². The smallest absolute Gasteiger partial charge is 0.407 e. The van der Waals surface area contributed by atoms with Crippen molar-refractivity contribution in [1.29, 1.82) is 0 Å². The molecular formula is C22H27FN2O4. The summed E-state index contributed by atoms with van der Waals surface area (Å²) in [5.41, 5.74) is 0.415. The average molecular weight is 402 g/mol. The largest absolute Gasteiger partial charge is 0.497 e. The van der Waals surface area contributed by atoms with Crippen molar-refractivity contribution >= 4 is 12.0 Å². The van der Waals surface area contributed by atoms with E-state index in [1.807, 2.05) is 31.2 Å². The van der Waals surface area contributed by atoms with Crippen LogP contribution in [0.5, 0.6) is 5.75 Å². The van der Waals surface area contributed by atoms with Crippen molar-refractivity contribution in [1.82, 2.24) is 10.6 Å². The molecule has 6 nitrogen and oxygen atoms in total. The predicted molar refractivity (Wildman–Crippen MR) is 108 cm³/mol. The Bertz CT molecular complexity index is 877. The van der Waals surface area contributed by atoms with Crippen LogP contribution in [0.25, 0.3) is 0 Å². The van der Waals surface area contributed by atoms with Crippen LogP contribution in [0.2, 0.25) is 0 Å². The van der Waals surface area contributed by atoms with E-state index in [1.165, 1.54) is 18.2 Å². The molecule has 2 rings (SSSR count). The highest BCUT2D eigenvalue weighted by Gasteiger charge is 2.20. The molecule has 7 heteroatoms. The number of rotatable bonds is 6. The van der Waals surface area contributed by atoms with Gasteiger partial charge in [-0.1, -0.05) is 18.2 Å². The number of hydrogen-bond donors (Lipinski definition) is 2. The minimum absolute atomic E-state index is 0.0914. The van der Waals surface area contributed by atoms with Crippen LogP contribution in [-0.4, -0.2) is 24.7 Å². The first-order valence-electron chi connectivity index (χ1n) is 9.30. The fraction of sp³-hybridized carbons (Fsp3) is 0.364. The van der Waals surface area contributed by atoms with Crippen LogP contribution < -0.4 is 15.4 Å². The van der Waals surface area contributed by atoms with Crippen LogP contribution in [0.3, 0.4) is 0 Å². The Kier molecular flexibility index (Phi) is 7.20. The van der Waals surface area contributed by atoms with Gasteiger partial charge in [-0.25, -0.2) is 9.18 Å². The minimum Gasteiger partial charge on any atom is -0.497 e. The molecular weight excluding hydrogens is 375 g/mol. The number of alkyl carbamates (subject to hydrolysis) is 1. The van der Waals surface area contributed by atoms with Gasteiger partial charge in [-0.2, -0.15) is 0 Å². The van der Waals surface area contributed by atoms with E-state index in [2.05, 4.69) is 10.6 Å². The van der Waals surface area contributed by atoms with Gasteiger partial charge in [-0.15, -0.1) is 0 Å². The molecule has 0 aliphatic rings. The zero-order valence-electron chi connectivity index (χ0n) is 17.3. The van der Waals surface area contributed by atoms with Gasteiger partial charge >= 0.3 is 6.09 Å². The molecule has 2 amide bonds. The third-order valence-electron chi connectivity index (χ3n) is 4.11. The van der Waals surface area contributed by atoms with E-state index in [-0.39, 0.29) is 23.7 Å². The maximum absolute atomic E-state index is 14.4. The van der Waals surface area contributed by atoms with Crippen LogP contribution >= 0.6 is 0 Å². The molecule has 1 atom stereocenters. The van der Waals surface area contributed by atoms with E-state index in [0.717, 1.165) is 5.56 Å². The summed E-state index contributed by atoms with van der Waals surface area (Å²) in [5.74, 6) is -0.347. The van der Waals surface area contributed by atoms with Crippen molar-refractivity contribution in [3.63, 3.8) is 0 Å². The molecule has 0 aliphatic carbocycles. The summed E-state index contributed by atoms with van der Waals surface area (Å²) >= 11 is 0. The number of methoxy groups -OCH3 is 1. The molecule has 0 spiro atoms. The SMILES string of the molecule is COc1cccc([C@@H](C)NC(=O)c2cccc(F)c2CNC(=O)OC(C)(C)C)c1. The summed E-state index contributed by atoms with van der Waals surface area (Å²) < 4.78 is 24.7. The lowest BCUT2D eigenvalue weighted by Gasteiger charge is -2.20. The predicted octanol–water partition coefficient (Wildman–Crippen LogP) is 4.35. The molecule has 0 saturated carbocycles. The number of halogens is 1. The molecule has 2 aromatic carbocycles. The summed E-state index contributed by atoms with van der Waals surface area (Å²) in [5, 5.41) is 5.35. The lowest BCUT2D eigenvalue weighted by molar-refractivity contribution is 0.0522. The zero-order valence-corrected chi connectivity index (χ0v) is 17.3. The highest BCUT2D eigenvalue weighted by molar-refractivity contribution is 5.96. The van der Waals surface area contributed by atoms with E-state index >= 15 is 0 Å². The number of carbonyl (C=O) groups is 2. The Morgan fingerprint density at radius 3 is 2.48 bits per heavy atom. The Labute approximate surface area is 170 Å². The molecule has 0 radical (unpaired) electrons. The van der Waals surface area contributed by atoms with E-state index < -0.39 is 23.4 Å². The molecule has 0 heterocycles. The Morgan fingerprint density at radius 1 is 1.14 bits per heavy atom. The molecule has 2 N–H and O–H groups in total. The van der Waals surface area contributed by atoms with Crippen LogP contribution in [0.1, 0.15) is 55.2 Å². The average Bonchev–Trinajstić information content (AvgIpc) is 2.65. The van der Waals surface area contributed by atoms with Crippen molar-refractivity contribution < 1.29 is 23.5 Å². The fourth-order valence-electron chi connectivity index (χ4n) is 2.69. The standard InChI is InChI=1S/C22H27FN2O4/c1-14(15-8-6-9-16(12-15)28-5)25-20(26)17-10-7-11-19(23)18(17)13-24-21(27)29-22(2,3)4/h6-12,14H,13H2,1-5H3,(H,24,27)(H,25,26)/t14-/m1/s1. The number of carbonyl (C=O) groups excluding carboxylic acids is 2. The maximum atomic E-state index is 14.4. The summed E-state index contributed by atoms with van der Waals surface area (Å²) in [4.78, 5) is 24.7. The van der Waals surface area contributed by atoms with Crippen LogP contribution in [-0.2, 0) is 11.3 Å². The van der Waals surface area contributed by atoms with Crippen LogP contribution in [0.4, 0.5) is 9.18 Å².